The van der Waals surface area contributed by atoms with Crippen LogP contribution in [0, 0.1) is 0 Å². The minimum Gasteiger partial charge on any atom is -0.652 e. The Morgan fingerprint density at radius 2 is 1.10 bits per heavy atom. The molecule has 0 amide bonds. The molecule has 0 rings (SSSR count). The molecule has 0 aromatic carbocycles. The first kappa shape index (κ1) is 22.7. The van der Waals surface area contributed by atoms with Crippen molar-refractivity contribution in [2.45, 2.75) is 6.92 Å². The summed E-state index contributed by atoms with van der Waals surface area (Å²) in [5.74, 6) is -1.08. The maximum absolute atomic E-state index is 8.89. The van der Waals surface area contributed by atoms with E-state index in [4.69, 9.17) is 24.9 Å². The molecule has 0 fully saturated rings. The normalized spacial score (nSPS) is 4.90. The van der Waals surface area contributed by atoms with Crippen molar-refractivity contribution in [3.8, 4) is 0 Å². The van der Waals surface area contributed by atoms with Crippen LogP contribution in [-0.4, -0.2) is 61.0 Å². The Hall–Kier alpha value is 1.95. The van der Waals surface area contributed by atoms with E-state index >= 15 is 0 Å². The first-order valence-electron chi connectivity index (χ1n) is 1.52. The van der Waals surface area contributed by atoms with Gasteiger partial charge in [-0.1, -0.05) is 0 Å². The predicted octanol–water partition coefficient (Wildman–Crippen LogP) is -7.07. The van der Waals surface area contributed by atoms with Crippen molar-refractivity contribution in [2.24, 2.45) is 0 Å². The smallest absolute Gasteiger partial charge is 0.652 e. The number of hydrogen-bond acceptors (Lipinski definition) is 5. The summed E-state index contributed by atoms with van der Waals surface area (Å²) in [6, 6.07) is 0. The average molecular weight is 295 g/mol. The second-order valence-corrected chi connectivity index (χ2v) is 0.742. The van der Waals surface area contributed by atoms with E-state index in [2.05, 4.69) is 0 Å². The summed E-state index contributed by atoms with van der Waals surface area (Å²) in [7, 11) is 0. The van der Waals surface area contributed by atoms with Crippen LogP contribution in [-0.2, 0) is 4.79 Å². The maximum Gasteiger partial charge on any atom is 2.00 e. The molecule has 5 nitrogen and oxygen atoms in total. The van der Waals surface area contributed by atoms with Gasteiger partial charge in [0.05, 0.1) is 0 Å². The van der Waals surface area contributed by atoms with Gasteiger partial charge in [0.1, 0.15) is 0 Å². The minimum atomic E-state index is -2.33. The summed E-state index contributed by atoms with van der Waals surface area (Å²) >= 11 is 0. The molecule has 0 aliphatic carbocycles. The van der Waals surface area contributed by atoms with Gasteiger partial charge in [0.25, 0.3) is 0 Å². The maximum atomic E-state index is 8.89. The zero-order chi connectivity index (χ0) is 7.15. The van der Waals surface area contributed by atoms with E-state index < -0.39 is 12.1 Å². The first-order valence-corrected chi connectivity index (χ1v) is 1.52. The van der Waals surface area contributed by atoms with E-state index in [9.17, 15) is 0 Å². The predicted molar refractivity (Wildman–Crippen MR) is 21.8 cm³/mol. The van der Waals surface area contributed by atoms with Crippen molar-refractivity contribution in [1.29, 1.82) is 0 Å². The van der Waals surface area contributed by atoms with E-state index in [-0.39, 0.29) is 100 Å². The molecule has 0 atom stereocenters. The number of carbonyl (C=O) groups excluding carboxylic acids is 2. The summed E-state index contributed by atoms with van der Waals surface area (Å²) < 4.78 is 0. The standard InChI is InChI=1S/C2H4O2.CH2O3.Ba.K/c1-2(3)4;2-1(3)4;;/h1H3,(H,3,4);(H2,2,3,4);;/q;;+2;+1/p-3. The summed E-state index contributed by atoms with van der Waals surface area (Å²) in [5, 5.41) is 25.6. The van der Waals surface area contributed by atoms with Crippen LogP contribution >= 0.6 is 0 Å². The van der Waals surface area contributed by atoms with Crippen LogP contribution in [0.25, 0.3) is 0 Å². The van der Waals surface area contributed by atoms with Gasteiger partial charge in [-0.2, -0.15) is 0 Å². The number of aliphatic carboxylic acids is 1. The molecule has 48 valence electrons. The van der Waals surface area contributed by atoms with E-state index in [0.717, 1.165) is 6.92 Å². The zero-order valence-electron chi connectivity index (χ0n) is 5.75. The van der Waals surface area contributed by atoms with Crippen molar-refractivity contribution in [2.75, 3.05) is 0 Å². The monoisotopic (exact) mass is 296 g/mol. The third-order valence-electron chi connectivity index (χ3n) is 0. The molecule has 0 aliphatic heterocycles. The second kappa shape index (κ2) is 17.2. The Bertz CT molecular complexity index is 74.9. The van der Waals surface area contributed by atoms with Gasteiger partial charge in [-0.25, -0.2) is 0 Å². The molecule has 0 saturated heterocycles. The van der Waals surface area contributed by atoms with Crippen LogP contribution in [0.3, 0.4) is 0 Å². The van der Waals surface area contributed by atoms with Crippen molar-refractivity contribution >= 4 is 61.0 Å². The molecular weight excluding hydrogens is 292 g/mol. The SMILES string of the molecule is CC(=O)[O-].O=C([O-])[O-].[Ba+2].[K+]. The fourth-order valence-corrected chi connectivity index (χ4v) is 0. The van der Waals surface area contributed by atoms with Crippen LogP contribution in [0.15, 0.2) is 0 Å². The van der Waals surface area contributed by atoms with Crippen LogP contribution in [0.2, 0.25) is 0 Å². The molecule has 0 spiro atoms. The number of rotatable bonds is 0. The molecule has 0 unspecified atom stereocenters. The van der Waals surface area contributed by atoms with Gasteiger partial charge in [-0.15, -0.1) is 0 Å². The molecule has 0 aromatic rings. The Labute approximate surface area is 141 Å². The molecule has 0 aromatic heterocycles. The summed E-state index contributed by atoms with van der Waals surface area (Å²) in [4.78, 5) is 17.2. The Balaban J connectivity index is -0.0000000300. The van der Waals surface area contributed by atoms with E-state index in [1.54, 1.807) is 0 Å². The number of carboxylic acid groups (broad SMARTS) is 3. The summed E-state index contributed by atoms with van der Waals surface area (Å²) in [5.41, 5.74) is 0. The van der Waals surface area contributed by atoms with E-state index in [1.807, 2.05) is 0 Å². The van der Waals surface area contributed by atoms with Gasteiger partial charge in [0, 0.05) is 5.97 Å². The second-order valence-electron chi connectivity index (χ2n) is 0.742. The molecule has 0 radical (unpaired) electrons. The largest absolute Gasteiger partial charge is 2.00 e. The molecule has 0 N–H and O–H groups in total. The average Bonchev–Trinajstić information content (AvgIpc) is 1.25. The third-order valence-corrected chi connectivity index (χ3v) is 0. The summed E-state index contributed by atoms with van der Waals surface area (Å²) in [6.45, 7) is 0.972. The van der Waals surface area contributed by atoms with Gasteiger partial charge < -0.3 is 24.9 Å². The van der Waals surface area contributed by atoms with Gasteiger partial charge in [0.2, 0.25) is 0 Å². The van der Waals surface area contributed by atoms with Crippen LogP contribution in [0.5, 0.6) is 0 Å². The molecular formula is C3H3BaKO5. The fraction of sp³-hybridized carbons (Fsp3) is 0.333. The molecule has 10 heavy (non-hydrogen) atoms. The Kier molecular flexibility index (Phi) is 38.9. The van der Waals surface area contributed by atoms with Crippen molar-refractivity contribution < 1.29 is 76.3 Å². The molecule has 7 heteroatoms. The molecule has 0 bridgehead atoms. The Morgan fingerprint density at radius 3 is 1.10 bits per heavy atom. The van der Waals surface area contributed by atoms with Crippen molar-refractivity contribution in [1.82, 2.24) is 0 Å². The van der Waals surface area contributed by atoms with E-state index in [1.165, 1.54) is 0 Å². The minimum absolute atomic E-state index is 0. The molecule has 0 saturated carbocycles. The van der Waals surface area contributed by atoms with Gasteiger partial charge >= 0.3 is 100 Å². The number of hydrogen-bond donors (Lipinski definition) is 0. The van der Waals surface area contributed by atoms with E-state index in [0.29, 0.717) is 0 Å². The first-order chi connectivity index (χ1) is 3.46. The van der Waals surface area contributed by atoms with Crippen molar-refractivity contribution in [3.05, 3.63) is 0 Å². The number of carbonyl (C=O) groups is 2. The van der Waals surface area contributed by atoms with Gasteiger partial charge in [-0.05, 0) is 13.1 Å². The molecule has 0 heterocycles. The van der Waals surface area contributed by atoms with Crippen LogP contribution in [0.1, 0.15) is 6.92 Å². The summed E-state index contributed by atoms with van der Waals surface area (Å²) in [6.07, 6.45) is -2.33. The topological polar surface area (TPSA) is 103 Å². The van der Waals surface area contributed by atoms with Gasteiger partial charge in [0.15, 0.2) is 0 Å². The van der Waals surface area contributed by atoms with Crippen LogP contribution < -0.4 is 66.7 Å². The Morgan fingerprint density at radius 1 is 1.10 bits per heavy atom. The van der Waals surface area contributed by atoms with Crippen molar-refractivity contribution in [3.63, 3.8) is 0 Å². The quantitative estimate of drug-likeness (QED) is 0.413. The zero-order valence-corrected chi connectivity index (χ0v) is 13.3. The third kappa shape index (κ3) is 210. The van der Waals surface area contributed by atoms with Gasteiger partial charge in [-0.3, -0.25) is 0 Å². The molecule has 0 aliphatic rings. The fourth-order valence-electron chi connectivity index (χ4n) is 0. The number of carboxylic acids is 1. The van der Waals surface area contributed by atoms with Crippen LogP contribution in [0.4, 0.5) is 4.79 Å².